The summed E-state index contributed by atoms with van der Waals surface area (Å²) in [5.74, 6) is 0.00512. The van der Waals surface area contributed by atoms with Crippen LogP contribution in [0.3, 0.4) is 0 Å². The third kappa shape index (κ3) is 4.45. The molecule has 0 saturated carbocycles. The maximum Gasteiger partial charge on any atom is 0.205 e. The normalized spacial score (nSPS) is 22.8. The third-order valence-corrected chi connectivity index (χ3v) is 7.22. The van der Waals surface area contributed by atoms with Gasteiger partial charge in [-0.1, -0.05) is 24.3 Å². The monoisotopic (exact) mass is 447 g/mol. The number of benzene rings is 2. The predicted molar refractivity (Wildman–Crippen MR) is 130 cm³/mol. The molecule has 4 rings (SSSR count). The Hall–Kier alpha value is -2.46. The average Bonchev–Trinajstić information content (AvgIpc) is 2.79. The summed E-state index contributed by atoms with van der Waals surface area (Å²) < 4.78 is 6.01. The van der Waals surface area contributed by atoms with E-state index < -0.39 is 5.92 Å². The van der Waals surface area contributed by atoms with Crippen molar-refractivity contribution in [3.8, 4) is 6.07 Å². The molecule has 2 aromatic rings. The van der Waals surface area contributed by atoms with Crippen LogP contribution in [0.5, 0.6) is 0 Å². The van der Waals surface area contributed by atoms with Crippen LogP contribution in [0.1, 0.15) is 17.0 Å². The lowest BCUT2D eigenvalue weighted by molar-refractivity contribution is 0.285. The molecule has 0 saturated heterocycles. The molecule has 2 heterocycles. The van der Waals surface area contributed by atoms with Gasteiger partial charge in [0.2, 0.25) is 5.90 Å². The molecule has 2 unspecified atom stereocenters. The van der Waals surface area contributed by atoms with Crippen LogP contribution in [0, 0.1) is 22.7 Å². The summed E-state index contributed by atoms with van der Waals surface area (Å²) in [6.45, 7) is 1.46. The van der Waals surface area contributed by atoms with Crippen LogP contribution in [-0.4, -0.2) is 43.4 Å². The number of hydrogen-bond acceptors (Lipinski definition) is 6. The van der Waals surface area contributed by atoms with Crippen LogP contribution in [-0.2, 0) is 4.74 Å². The lowest BCUT2D eigenvalue weighted by Crippen LogP contribution is -2.40. The van der Waals surface area contributed by atoms with E-state index >= 15 is 0 Å². The van der Waals surface area contributed by atoms with E-state index in [1.54, 1.807) is 23.5 Å². The highest BCUT2D eigenvalue weighted by Gasteiger charge is 2.41. The molecule has 0 spiro atoms. The van der Waals surface area contributed by atoms with Crippen LogP contribution < -0.4 is 0 Å². The van der Waals surface area contributed by atoms with E-state index in [0.717, 1.165) is 41.1 Å². The Balaban J connectivity index is 1.81. The standard InChI is InChI=1S/C25H25N3OS2/c1-28-14-18(12-16-4-8-19(30-2)9-5-16)24-22(15-28)23(21(13-26)25(27)29-24)17-6-10-20(31-3)11-7-17/h4-12,21,23,27H,14-15H2,1-3H3/b18-12+,27-25?. The Kier molecular flexibility index (Phi) is 6.57. The van der Waals surface area contributed by atoms with Crippen molar-refractivity contribution < 1.29 is 4.74 Å². The fourth-order valence-electron chi connectivity index (χ4n) is 4.23. The number of thioether (sulfide) groups is 2. The highest BCUT2D eigenvalue weighted by Crippen LogP contribution is 2.43. The smallest absolute Gasteiger partial charge is 0.205 e. The van der Waals surface area contributed by atoms with Gasteiger partial charge in [0.05, 0.1) is 6.07 Å². The van der Waals surface area contributed by atoms with Crippen LogP contribution in [0.15, 0.2) is 75.2 Å². The summed E-state index contributed by atoms with van der Waals surface area (Å²) in [7, 11) is 2.09. The molecule has 0 amide bonds. The molecule has 0 aromatic heterocycles. The lowest BCUT2D eigenvalue weighted by Gasteiger charge is -2.39. The number of rotatable bonds is 4. The first-order valence-corrected chi connectivity index (χ1v) is 12.6. The zero-order chi connectivity index (χ0) is 22.0. The van der Waals surface area contributed by atoms with E-state index in [-0.39, 0.29) is 11.8 Å². The second-order valence-electron chi connectivity index (χ2n) is 7.79. The Morgan fingerprint density at radius 3 is 2.23 bits per heavy atom. The fourth-order valence-corrected chi connectivity index (χ4v) is 5.05. The van der Waals surface area contributed by atoms with Gasteiger partial charge in [-0.3, -0.25) is 10.3 Å². The average molecular weight is 448 g/mol. The number of ether oxygens (including phenoxy) is 1. The first-order chi connectivity index (χ1) is 15.0. The largest absolute Gasteiger partial charge is 0.442 e. The minimum absolute atomic E-state index is 0.0355. The van der Waals surface area contributed by atoms with Gasteiger partial charge in [-0.05, 0) is 66.6 Å². The van der Waals surface area contributed by atoms with Gasteiger partial charge in [0.1, 0.15) is 11.7 Å². The molecule has 2 aliphatic heterocycles. The number of hydrogen-bond donors (Lipinski definition) is 1. The van der Waals surface area contributed by atoms with Crippen molar-refractivity contribution >= 4 is 35.5 Å². The third-order valence-electron chi connectivity index (χ3n) is 5.74. The van der Waals surface area contributed by atoms with Gasteiger partial charge >= 0.3 is 0 Å². The van der Waals surface area contributed by atoms with Gasteiger partial charge in [0.15, 0.2) is 0 Å². The first-order valence-electron chi connectivity index (χ1n) is 10.1. The van der Waals surface area contributed by atoms with Crippen molar-refractivity contribution in [1.82, 2.24) is 4.90 Å². The Morgan fingerprint density at radius 1 is 1.03 bits per heavy atom. The van der Waals surface area contributed by atoms with Crippen LogP contribution in [0.2, 0.25) is 0 Å². The molecule has 158 valence electrons. The Morgan fingerprint density at radius 2 is 1.65 bits per heavy atom. The van der Waals surface area contributed by atoms with Gasteiger partial charge in [-0.25, -0.2) is 0 Å². The van der Waals surface area contributed by atoms with Crippen LogP contribution >= 0.6 is 23.5 Å². The molecule has 2 aromatic carbocycles. The molecule has 1 N–H and O–H groups in total. The lowest BCUT2D eigenvalue weighted by atomic mass is 9.76. The van der Waals surface area contributed by atoms with Crippen molar-refractivity contribution in [1.29, 1.82) is 10.7 Å². The van der Waals surface area contributed by atoms with Crippen LogP contribution in [0.4, 0.5) is 0 Å². The highest BCUT2D eigenvalue weighted by atomic mass is 32.2. The molecule has 0 fully saturated rings. The van der Waals surface area contributed by atoms with Gasteiger partial charge in [-0.2, -0.15) is 5.26 Å². The number of nitrogens with one attached hydrogen (secondary N) is 1. The minimum atomic E-state index is -0.618. The SMILES string of the molecule is CSc1ccc(/C=C2\CN(C)CC3=C2OC(=N)C(C#N)C3c2ccc(SC)cc2)cc1. The zero-order valence-electron chi connectivity index (χ0n) is 17.9. The first kappa shape index (κ1) is 21.8. The summed E-state index contributed by atoms with van der Waals surface area (Å²) in [5.41, 5.74) is 4.30. The summed E-state index contributed by atoms with van der Waals surface area (Å²) >= 11 is 3.42. The van der Waals surface area contributed by atoms with Crippen LogP contribution in [0.25, 0.3) is 6.08 Å². The van der Waals surface area contributed by atoms with E-state index in [1.807, 2.05) is 0 Å². The minimum Gasteiger partial charge on any atom is -0.442 e. The van der Waals surface area contributed by atoms with E-state index in [9.17, 15) is 5.26 Å². The predicted octanol–water partition coefficient (Wildman–Crippen LogP) is 5.64. The molecule has 0 aliphatic carbocycles. The molecule has 0 bridgehead atoms. The van der Waals surface area contributed by atoms with Gasteiger partial charge < -0.3 is 4.74 Å². The molecule has 2 aliphatic rings. The summed E-state index contributed by atoms with van der Waals surface area (Å²) in [6.07, 6.45) is 6.26. The molecule has 2 atom stereocenters. The Labute approximate surface area is 192 Å². The maximum absolute atomic E-state index is 9.87. The van der Waals surface area contributed by atoms with Gasteiger partial charge in [-0.15, -0.1) is 23.5 Å². The number of nitrogens with zero attached hydrogens (tertiary/aromatic N) is 2. The second-order valence-corrected chi connectivity index (χ2v) is 9.55. The van der Waals surface area contributed by atoms with Crippen molar-refractivity contribution in [2.75, 3.05) is 32.6 Å². The van der Waals surface area contributed by atoms with Crippen molar-refractivity contribution in [3.63, 3.8) is 0 Å². The van der Waals surface area contributed by atoms with Crippen molar-refractivity contribution in [3.05, 3.63) is 76.6 Å². The molecular weight excluding hydrogens is 422 g/mol. The van der Waals surface area contributed by atoms with Gasteiger partial charge in [0.25, 0.3) is 0 Å². The summed E-state index contributed by atoms with van der Waals surface area (Å²) in [5, 5.41) is 18.3. The van der Waals surface area contributed by atoms with E-state index in [2.05, 4.69) is 85.1 Å². The topological polar surface area (TPSA) is 60.1 Å². The molecule has 31 heavy (non-hydrogen) atoms. The Bertz CT molecular complexity index is 1080. The summed E-state index contributed by atoms with van der Waals surface area (Å²) in [6, 6.07) is 19.1. The molecule has 6 heteroatoms. The molecule has 0 radical (unpaired) electrons. The van der Waals surface area contributed by atoms with E-state index in [4.69, 9.17) is 10.1 Å². The van der Waals surface area contributed by atoms with E-state index in [0.29, 0.717) is 0 Å². The maximum atomic E-state index is 9.87. The van der Waals surface area contributed by atoms with Crippen molar-refractivity contribution in [2.24, 2.45) is 5.92 Å². The molecular formula is C25H25N3OS2. The van der Waals surface area contributed by atoms with E-state index in [1.165, 1.54) is 9.79 Å². The zero-order valence-corrected chi connectivity index (χ0v) is 19.5. The fraction of sp³-hybridized carbons (Fsp3) is 0.280. The molecule has 4 nitrogen and oxygen atoms in total. The van der Waals surface area contributed by atoms with Crippen molar-refractivity contribution in [2.45, 2.75) is 15.7 Å². The highest BCUT2D eigenvalue weighted by molar-refractivity contribution is 7.98. The van der Waals surface area contributed by atoms with Gasteiger partial charge in [0, 0.05) is 34.4 Å². The number of likely N-dealkylation sites (N-methyl/N-ethyl adjacent to an activating group) is 1. The summed E-state index contributed by atoms with van der Waals surface area (Å²) in [4.78, 5) is 4.66. The number of nitriles is 1. The quantitative estimate of drug-likeness (QED) is 0.614. The second kappa shape index (κ2) is 9.35.